The molecule has 1 aliphatic carbocycles. The predicted molar refractivity (Wildman–Crippen MR) is 107 cm³/mol. The van der Waals surface area contributed by atoms with Crippen LogP contribution < -0.4 is 0 Å². The van der Waals surface area contributed by atoms with Crippen molar-refractivity contribution in [1.29, 1.82) is 0 Å². The molecule has 0 amide bonds. The van der Waals surface area contributed by atoms with Gasteiger partial charge in [-0.1, -0.05) is 58.8 Å². The van der Waals surface area contributed by atoms with Gasteiger partial charge in [-0.25, -0.2) is 0 Å². The van der Waals surface area contributed by atoms with Crippen LogP contribution in [-0.2, 0) is 19.1 Å². The molecule has 1 rings (SSSR count). The van der Waals surface area contributed by atoms with E-state index >= 15 is 0 Å². The third-order valence-electron chi connectivity index (χ3n) is 5.45. The molecule has 1 N–H and O–H groups in total. The average Bonchev–Trinajstić information content (AvgIpc) is 2.65. The van der Waals surface area contributed by atoms with E-state index in [-0.39, 0.29) is 17.8 Å². The molecule has 0 unspecified atom stereocenters. The van der Waals surface area contributed by atoms with Crippen LogP contribution in [0, 0.1) is 17.8 Å². The molecule has 0 radical (unpaired) electrons. The average molecular weight is 385 g/mol. The maximum atomic E-state index is 12.0. The Labute approximate surface area is 165 Å². The number of carboxylic acids is 1. The number of hydrogen-bond acceptors (Lipinski definition) is 4. The van der Waals surface area contributed by atoms with Gasteiger partial charge >= 0.3 is 11.9 Å². The lowest BCUT2D eigenvalue weighted by atomic mass is 9.82. The van der Waals surface area contributed by atoms with Crippen LogP contribution in [0.5, 0.6) is 0 Å². The highest BCUT2D eigenvalue weighted by atomic mass is 16.6. The Hall–Kier alpha value is -1.10. The molecule has 27 heavy (non-hydrogen) atoms. The van der Waals surface area contributed by atoms with Crippen molar-refractivity contribution < 1.29 is 24.2 Å². The van der Waals surface area contributed by atoms with E-state index in [0.29, 0.717) is 38.9 Å². The summed E-state index contributed by atoms with van der Waals surface area (Å²) in [5.41, 5.74) is 0. The second kappa shape index (κ2) is 14.9. The molecule has 0 saturated heterocycles. The molecule has 0 atom stereocenters. The van der Waals surface area contributed by atoms with Crippen LogP contribution in [0.25, 0.3) is 0 Å². The van der Waals surface area contributed by atoms with E-state index in [1.807, 2.05) is 0 Å². The Morgan fingerprint density at radius 2 is 1.37 bits per heavy atom. The smallest absolute Gasteiger partial charge is 0.309 e. The highest BCUT2D eigenvalue weighted by Crippen LogP contribution is 2.29. The Morgan fingerprint density at radius 1 is 0.815 bits per heavy atom. The number of ether oxygens (including phenoxy) is 2. The van der Waals surface area contributed by atoms with Crippen LogP contribution in [0.15, 0.2) is 0 Å². The summed E-state index contributed by atoms with van der Waals surface area (Å²) in [4.78, 5) is 22.9. The largest absolute Gasteiger partial charge is 0.481 e. The molecule has 1 saturated carbocycles. The molecular formula is C22H40O5. The molecule has 5 nitrogen and oxygen atoms in total. The summed E-state index contributed by atoms with van der Waals surface area (Å²) in [5, 5.41) is 8.97. The molecule has 0 aromatic heterocycles. The minimum atomic E-state index is -0.749. The maximum Gasteiger partial charge on any atom is 0.309 e. The second-order valence-corrected chi connectivity index (χ2v) is 8.32. The van der Waals surface area contributed by atoms with Gasteiger partial charge < -0.3 is 14.6 Å². The van der Waals surface area contributed by atoms with Gasteiger partial charge in [-0.3, -0.25) is 9.59 Å². The highest BCUT2D eigenvalue weighted by Gasteiger charge is 2.30. The van der Waals surface area contributed by atoms with Gasteiger partial charge in [-0.15, -0.1) is 0 Å². The van der Waals surface area contributed by atoms with Gasteiger partial charge in [0.05, 0.1) is 18.4 Å². The predicted octanol–water partition coefficient (Wildman–Crippen LogP) is 5.21. The van der Waals surface area contributed by atoms with Crippen molar-refractivity contribution >= 4 is 11.9 Å². The summed E-state index contributed by atoms with van der Waals surface area (Å²) in [6.45, 7) is 6.05. The van der Waals surface area contributed by atoms with Gasteiger partial charge in [0.2, 0.25) is 0 Å². The van der Waals surface area contributed by atoms with Crippen molar-refractivity contribution in [1.82, 2.24) is 0 Å². The zero-order valence-electron chi connectivity index (χ0n) is 17.4. The van der Waals surface area contributed by atoms with Gasteiger partial charge in [0.1, 0.15) is 6.61 Å². The lowest BCUT2D eigenvalue weighted by molar-refractivity contribution is -0.153. The molecule has 0 aromatic carbocycles. The lowest BCUT2D eigenvalue weighted by Gasteiger charge is -2.24. The molecule has 5 heteroatoms. The molecule has 0 spiro atoms. The molecule has 0 heterocycles. The summed E-state index contributed by atoms with van der Waals surface area (Å²) >= 11 is 0. The number of esters is 1. The van der Waals surface area contributed by atoms with E-state index in [0.717, 1.165) is 18.9 Å². The number of rotatable bonds is 15. The number of aliphatic carboxylic acids is 1. The Kier molecular flexibility index (Phi) is 13.2. The van der Waals surface area contributed by atoms with Crippen molar-refractivity contribution in [3.63, 3.8) is 0 Å². The molecular weight excluding hydrogens is 344 g/mol. The first kappa shape index (κ1) is 23.9. The summed E-state index contributed by atoms with van der Waals surface area (Å²) in [7, 11) is 0. The summed E-state index contributed by atoms with van der Waals surface area (Å²) < 4.78 is 10.8. The zero-order chi connectivity index (χ0) is 19.9. The first-order valence-corrected chi connectivity index (χ1v) is 11.0. The van der Waals surface area contributed by atoms with E-state index < -0.39 is 5.97 Å². The summed E-state index contributed by atoms with van der Waals surface area (Å²) in [6, 6.07) is 0. The third kappa shape index (κ3) is 12.1. The summed E-state index contributed by atoms with van der Waals surface area (Å²) in [6.07, 6.45) is 12.7. The Morgan fingerprint density at radius 3 is 1.96 bits per heavy atom. The first-order valence-electron chi connectivity index (χ1n) is 11.0. The molecule has 1 fully saturated rings. The minimum Gasteiger partial charge on any atom is -0.481 e. The van der Waals surface area contributed by atoms with Crippen molar-refractivity contribution in [3.05, 3.63) is 0 Å². The van der Waals surface area contributed by atoms with E-state index in [2.05, 4.69) is 13.8 Å². The van der Waals surface area contributed by atoms with Crippen LogP contribution >= 0.6 is 0 Å². The highest BCUT2D eigenvalue weighted by molar-refractivity contribution is 5.74. The first-order chi connectivity index (χ1) is 13.0. The van der Waals surface area contributed by atoms with Crippen molar-refractivity contribution in [2.24, 2.45) is 17.8 Å². The molecule has 0 aliphatic heterocycles. The topological polar surface area (TPSA) is 72.8 Å². The standard InChI is InChI=1S/C22H40O5/c1-18(2)10-8-6-4-3-5-7-9-15-26-16-17-27-22(25)20-13-11-19(12-14-20)21(23)24/h18-20H,3-17H2,1-2H3,(H,23,24). The fourth-order valence-electron chi connectivity index (χ4n) is 3.64. The van der Waals surface area contributed by atoms with Crippen LogP contribution in [0.3, 0.4) is 0 Å². The van der Waals surface area contributed by atoms with E-state index in [1.165, 1.54) is 44.9 Å². The quantitative estimate of drug-likeness (QED) is 0.310. The Balaban J connectivity index is 1.85. The number of hydrogen-bond donors (Lipinski definition) is 1. The number of carbonyl (C=O) groups excluding carboxylic acids is 1. The minimum absolute atomic E-state index is 0.138. The zero-order valence-corrected chi connectivity index (χ0v) is 17.4. The van der Waals surface area contributed by atoms with Crippen LogP contribution in [-0.4, -0.2) is 36.9 Å². The van der Waals surface area contributed by atoms with Gasteiger partial charge in [-0.2, -0.15) is 0 Å². The van der Waals surface area contributed by atoms with Gasteiger partial charge in [0, 0.05) is 6.61 Å². The molecule has 0 aromatic rings. The molecule has 0 bridgehead atoms. The van der Waals surface area contributed by atoms with Crippen LogP contribution in [0.1, 0.15) is 90.9 Å². The van der Waals surface area contributed by atoms with Crippen molar-refractivity contribution in [2.75, 3.05) is 19.8 Å². The second-order valence-electron chi connectivity index (χ2n) is 8.32. The fraction of sp³-hybridized carbons (Fsp3) is 0.909. The van der Waals surface area contributed by atoms with Crippen LogP contribution in [0.2, 0.25) is 0 Å². The maximum absolute atomic E-state index is 12.0. The lowest BCUT2D eigenvalue weighted by Crippen LogP contribution is -2.27. The van der Waals surface area contributed by atoms with Gasteiger partial charge in [0.15, 0.2) is 0 Å². The van der Waals surface area contributed by atoms with E-state index in [4.69, 9.17) is 14.6 Å². The monoisotopic (exact) mass is 384 g/mol. The molecule has 158 valence electrons. The van der Waals surface area contributed by atoms with E-state index in [9.17, 15) is 9.59 Å². The number of carboxylic acid groups (broad SMARTS) is 1. The molecule has 1 aliphatic rings. The van der Waals surface area contributed by atoms with Crippen molar-refractivity contribution in [3.8, 4) is 0 Å². The Bertz CT molecular complexity index is 400. The van der Waals surface area contributed by atoms with E-state index in [1.54, 1.807) is 0 Å². The SMILES string of the molecule is CC(C)CCCCCCCCCOCCOC(=O)C1CCC(C(=O)O)CC1. The third-order valence-corrected chi connectivity index (χ3v) is 5.45. The number of unbranched alkanes of at least 4 members (excludes halogenated alkanes) is 6. The van der Waals surface area contributed by atoms with Crippen molar-refractivity contribution in [2.45, 2.75) is 90.9 Å². The van der Waals surface area contributed by atoms with Crippen LogP contribution in [0.4, 0.5) is 0 Å². The normalized spacial score (nSPS) is 20.0. The van der Waals surface area contributed by atoms with Gasteiger partial charge in [0.25, 0.3) is 0 Å². The number of carbonyl (C=O) groups is 2. The fourth-order valence-corrected chi connectivity index (χ4v) is 3.64. The summed E-state index contributed by atoms with van der Waals surface area (Å²) in [5.74, 6) is -0.548. The van der Waals surface area contributed by atoms with Gasteiger partial charge in [-0.05, 0) is 38.0 Å².